The lowest BCUT2D eigenvalue weighted by Gasteiger charge is -2.24. The van der Waals surface area contributed by atoms with Gasteiger partial charge in [-0.25, -0.2) is 4.57 Å². The number of esters is 2. The van der Waals surface area contributed by atoms with Crippen molar-refractivity contribution in [1.82, 2.24) is 0 Å². The highest BCUT2D eigenvalue weighted by atomic mass is 31.2. The highest BCUT2D eigenvalue weighted by Gasteiger charge is 2.27. The number of hydrogen-bond acceptors (Lipinski definition) is 7. The highest BCUT2D eigenvalue weighted by Crippen LogP contribution is 2.43. The summed E-state index contributed by atoms with van der Waals surface area (Å²) < 4.78 is 34.7. The summed E-state index contributed by atoms with van der Waals surface area (Å²) in [4.78, 5) is 35.9. The van der Waals surface area contributed by atoms with E-state index in [1.807, 2.05) is 21.1 Å². The normalized spacial score (nSPS) is 13.2. The summed E-state index contributed by atoms with van der Waals surface area (Å²) in [5, 5.41) is 0. The van der Waals surface area contributed by atoms with Gasteiger partial charge in [0.1, 0.15) is 19.8 Å². The molecule has 0 heterocycles. The van der Waals surface area contributed by atoms with Crippen molar-refractivity contribution in [1.29, 1.82) is 0 Å². The molecular weight excluding hydrogens is 1030 g/mol. The molecular formula is C71H139NO8P+. The lowest BCUT2D eigenvalue weighted by molar-refractivity contribution is -0.870. The number of ether oxygens (including phenoxy) is 2. The maximum absolute atomic E-state index is 12.9. The molecule has 10 heteroatoms. The summed E-state index contributed by atoms with van der Waals surface area (Å²) in [7, 11) is 1.50. The number of hydrogen-bond donors (Lipinski definition) is 1. The van der Waals surface area contributed by atoms with E-state index in [1.54, 1.807) is 0 Å². The minimum Gasteiger partial charge on any atom is -0.462 e. The molecule has 0 saturated heterocycles. The summed E-state index contributed by atoms with van der Waals surface area (Å²) >= 11 is 0. The molecule has 0 aromatic heterocycles. The number of phosphoric acid groups is 1. The van der Waals surface area contributed by atoms with Crippen LogP contribution in [0.15, 0.2) is 24.3 Å². The first-order valence-corrected chi connectivity index (χ1v) is 37.1. The van der Waals surface area contributed by atoms with E-state index >= 15 is 0 Å². The molecule has 9 nitrogen and oxygen atoms in total. The SMILES string of the molecule is CCCCCCC/C=C\C/C=C\CCCCCCCCCCCCCCCCCC(=O)OC(COC(=O)CCCCCCCCCCCCCCCCCCCCCCCCCCCCCCCC)COP(=O)(O)OCC[N+](C)(C)C. The summed E-state index contributed by atoms with van der Waals surface area (Å²) in [6.45, 7) is 4.50. The van der Waals surface area contributed by atoms with Gasteiger partial charge in [0.2, 0.25) is 0 Å². The first-order chi connectivity index (χ1) is 39.5. The number of nitrogens with zero attached hydrogens (tertiary/aromatic N) is 1. The van der Waals surface area contributed by atoms with E-state index in [9.17, 15) is 19.0 Å². The van der Waals surface area contributed by atoms with Crippen molar-refractivity contribution < 1.29 is 42.1 Å². The largest absolute Gasteiger partial charge is 0.472 e. The number of carbonyl (C=O) groups is 2. The summed E-state index contributed by atoms with van der Waals surface area (Å²) in [5.41, 5.74) is 0. The molecule has 0 rings (SSSR count). The Morgan fingerprint density at radius 1 is 0.383 bits per heavy atom. The first kappa shape index (κ1) is 79.5. The van der Waals surface area contributed by atoms with Gasteiger partial charge in [0.15, 0.2) is 6.10 Å². The van der Waals surface area contributed by atoms with Crippen LogP contribution in [0.2, 0.25) is 0 Å². The number of unbranched alkanes of at least 4 members (excludes halogenated alkanes) is 49. The standard InChI is InChI=1S/C71H138NO8P/c1-6-8-10-12-14-16-18-20-22-24-26-28-30-32-34-35-36-38-39-41-43-45-47-49-51-53-55-57-59-61-63-70(73)77-67-69(68-79-81(75,76)78-66-65-72(3,4)5)80-71(74)64-62-60-58-56-54-52-50-48-46-44-42-40-37-33-31-29-27-25-23-21-19-17-15-13-11-9-7-2/h19,21,25,27,69H,6-18,20,22-24,26,28-68H2,1-5H3/p+1/b21-19-,27-25-. The molecule has 0 fully saturated rings. The van der Waals surface area contributed by atoms with Crippen LogP contribution in [0, 0.1) is 0 Å². The molecule has 1 N–H and O–H groups in total. The number of likely N-dealkylation sites (N-methyl/N-ethyl adjacent to an activating group) is 1. The number of allylic oxidation sites excluding steroid dienone is 4. The quantitative estimate of drug-likeness (QED) is 0.0211. The third kappa shape index (κ3) is 67.5. The number of quaternary nitrogens is 1. The van der Waals surface area contributed by atoms with Gasteiger partial charge in [0.05, 0.1) is 27.7 Å². The summed E-state index contributed by atoms with van der Waals surface area (Å²) in [6.07, 6.45) is 78.6. The Kier molecular flexibility index (Phi) is 61.8. The van der Waals surface area contributed by atoms with Crippen LogP contribution in [-0.4, -0.2) is 74.9 Å². The Balaban J connectivity index is 3.98. The second kappa shape index (κ2) is 63.0. The van der Waals surface area contributed by atoms with Crippen molar-refractivity contribution in [3.05, 3.63) is 24.3 Å². The van der Waals surface area contributed by atoms with Crippen LogP contribution in [-0.2, 0) is 32.7 Å². The average molecular weight is 1170 g/mol. The van der Waals surface area contributed by atoms with Crippen LogP contribution in [0.3, 0.4) is 0 Å². The molecule has 0 saturated carbocycles. The average Bonchev–Trinajstić information content (AvgIpc) is 3.43. The Morgan fingerprint density at radius 2 is 0.667 bits per heavy atom. The Bertz CT molecular complexity index is 1420. The van der Waals surface area contributed by atoms with Crippen molar-refractivity contribution in [2.45, 2.75) is 373 Å². The van der Waals surface area contributed by atoms with Crippen molar-refractivity contribution >= 4 is 19.8 Å². The number of rotatable bonds is 67. The van der Waals surface area contributed by atoms with Gasteiger partial charge in [-0.3, -0.25) is 18.6 Å². The molecule has 2 unspecified atom stereocenters. The topological polar surface area (TPSA) is 108 Å². The fourth-order valence-corrected chi connectivity index (χ4v) is 11.5. The highest BCUT2D eigenvalue weighted by molar-refractivity contribution is 7.47. The van der Waals surface area contributed by atoms with E-state index in [2.05, 4.69) is 38.2 Å². The van der Waals surface area contributed by atoms with Gasteiger partial charge in [0, 0.05) is 12.8 Å². The Labute approximate surface area is 504 Å². The predicted molar refractivity (Wildman–Crippen MR) is 349 cm³/mol. The molecule has 0 amide bonds. The molecule has 2 atom stereocenters. The van der Waals surface area contributed by atoms with E-state index in [1.165, 1.54) is 295 Å². The molecule has 480 valence electrons. The first-order valence-electron chi connectivity index (χ1n) is 35.6. The van der Waals surface area contributed by atoms with Gasteiger partial charge in [-0.05, 0) is 44.9 Å². The third-order valence-electron chi connectivity index (χ3n) is 16.2. The van der Waals surface area contributed by atoms with Crippen LogP contribution < -0.4 is 0 Å². The second-order valence-corrected chi connectivity index (χ2v) is 27.1. The van der Waals surface area contributed by atoms with Crippen molar-refractivity contribution in [3.63, 3.8) is 0 Å². The van der Waals surface area contributed by atoms with Crippen LogP contribution in [0.25, 0.3) is 0 Å². The van der Waals surface area contributed by atoms with Crippen LogP contribution in [0.4, 0.5) is 0 Å². The molecule has 0 aromatic carbocycles. The molecule has 0 radical (unpaired) electrons. The summed E-state index contributed by atoms with van der Waals surface area (Å²) in [5.74, 6) is -0.774. The molecule has 0 bridgehead atoms. The van der Waals surface area contributed by atoms with Gasteiger partial charge < -0.3 is 18.9 Å². The van der Waals surface area contributed by atoms with E-state index < -0.39 is 26.5 Å². The van der Waals surface area contributed by atoms with Crippen LogP contribution >= 0.6 is 7.82 Å². The second-order valence-electron chi connectivity index (χ2n) is 25.6. The zero-order chi connectivity index (χ0) is 59.1. The minimum atomic E-state index is -4.39. The fourth-order valence-electron chi connectivity index (χ4n) is 10.8. The molecule has 0 aliphatic carbocycles. The van der Waals surface area contributed by atoms with Gasteiger partial charge in [-0.2, -0.15) is 0 Å². The molecule has 0 aliphatic rings. The zero-order valence-corrected chi connectivity index (χ0v) is 55.7. The Hall–Kier alpha value is -1.51. The van der Waals surface area contributed by atoms with Gasteiger partial charge >= 0.3 is 19.8 Å². The molecule has 0 aliphatic heterocycles. The van der Waals surface area contributed by atoms with Crippen molar-refractivity contribution in [3.8, 4) is 0 Å². The smallest absolute Gasteiger partial charge is 0.462 e. The lowest BCUT2D eigenvalue weighted by atomic mass is 10.0. The monoisotopic (exact) mass is 1170 g/mol. The van der Waals surface area contributed by atoms with Crippen LogP contribution in [0.1, 0.15) is 367 Å². The fraction of sp³-hybridized carbons (Fsp3) is 0.915. The number of carbonyl (C=O) groups excluding carboxylic acids is 2. The zero-order valence-electron chi connectivity index (χ0n) is 54.8. The van der Waals surface area contributed by atoms with Crippen molar-refractivity contribution in [2.75, 3.05) is 47.5 Å². The van der Waals surface area contributed by atoms with Crippen LogP contribution in [0.5, 0.6) is 0 Å². The van der Waals surface area contributed by atoms with E-state index in [0.29, 0.717) is 23.9 Å². The van der Waals surface area contributed by atoms with Crippen molar-refractivity contribution in [2.24, 2.45) is 0 Å². The van der Waals surface area contributed by atoms with Gasteiger partial charge in [-0.1, -0.05) is 334 Å². The van der Waals surface area contributed by atoms with E-state index in [-0.39, 0.29) is 25.6 Å². The molecule has 0 spiro atoms. The van der Waals surface area contributed by atoms with Gasteiger partial charge in [-0.15, -0.1) is 0 Å². The van der Waals surface area contributed by atoms with Gasteiger partial charge in [0.25, 0.3) is 0 Å². The Morgan fingerprint density at radius 3 is 0.975 bits per heavy atom. The maximum atomic E-state index is 12.9. The molecule has 0 aromatic rings. The maximum Gasteiger partial charge on any atom is 0.472 e. The lowest BCUT2D eigenvalue weighted by Crippen LogP contribution is -2.37. The number of phosphoric ester groups is 1. The minimum absolute atomic E-state index is 0.0352. The van der Waals surface area contributed by atoms with E-state index in [0.717, 1.165) is 38.5 Å². The van der Waals surface area contributed by atoms with E-state index in [4.69, 9.17) is 18.5 Å². The summed E-state index contributed by atoms with van der Waals surface area (Å²) in [6, 6.07) is 0. The third-order valence-corrected chi connectivity index (χ3v) is 17.2. The predicted octanol–water partition coefficient (Wildman–Crippen LogP) is 22.9. The molecule has 81 heavy (non-hydrogen) atoms.